The summed E-state index contributed by atoms with van der Waals surface area (Å²) in [6.07, 6.45) is 1.81. The Morgan fingerprint density at radius 2 is 2.06 bits per heavy atom. The first-order valence-corrected chi connectivity index (χ1v) is 9.58. The van der Waals surface area contributed by atoms with Crippen LogP contribution in [0, 0.1) is 0 Å². The molecule has 3 aromatic heterocycles. The summed E-state index contributed by atoms with van der Waals surface area (Å²) in [5.74, 6) is -0.245. The van der Waals surface area contributed by atoms with E-state index in [0.29, 0.717) is 34.6 Å². The summed E-state index contributed by atoms with van der Waals surface area (Å²) in [4.78, 5) is 29.9. The van der Waals surface area contributed by atoms with Gasteiger partial charge in [0.2, 0.25) is 0 Å². The summed E-state index contributed by atoms with van der Waals surface area (Å²) >= 11 is 0. The quantitative estimate of drug-likeness (QED) is 0.508. The van der Waals surface area contributed by atoms with E-state index < -0.39 is 17.4 Å². The molecule has 2 amide bonds. The molecule has 0 unspecified atom stereocenters. The van der Waals surface area contributed by atoms with Crippen LogP contribution in [0.3, 0.4) is 0 Å². The minimum atomic E-state index is -1.69. The van der Waals surface area contributed by atoms with Gasteiger partial charge in [-0.15, -0.1) is 0 Å². The minimum Gasteiger partial charge on any atom is -0.374 e. The number of nitrogens with two attached hydrogens (primary N) is 1. The van der Waals surface area contributed by atoms with E-state index in [0.717, 1.165) is 0 Å². The Hall–Kier alpha value is -4.05. The molecule has 1 aromatic carbocycles. The van der Waals surface area contributed by atoms with Crippen LogP contribution >= 0.6 is 0 Å². The molecule has 3 N–H and O–H groups in total. The number of carbonyl (C=O) groups is 2. The molecule has 0 spiro atoms. The molecule has 0 saturated carbocycles. The highest BCUT2D eigenvalue weighted by Crippen LogP contribution is 2.34. The van der Waals surface area contributed by atoms with Gasteiger partial charge in [-0.05, 0) is 18.2 Å². The van der Waals surface area contributed by atoms with E-state index in [1.54, 1.807) is 43.6 Å². The number of amides is 2. The van der Waals surface area contributed by atoms with Gasteiger partial charge in [0.15, 0.2) is 22.9 Å². The average Bonchev–Trinajstić information content (AvgIpc) is 3.48. The van der Waals surface area contributed by atoms with E-state index in [1.165, 1.54) is 9.58 Å². The highest BCUT2D eigenvalue weighted by molar-refractivity contribution is 6.04. The molecule has 1 saturated heterocycles. The second-order valence-corrected chi connectivity index (χ2v) is 7.46. The van der Waals surface area contributed by atoms with Crippen molar-refractivity contribution in [1.29, 1.82) is 0 Å². The van der Waals surface area contributed by atoms with Crippen LogP contribution in [0.25, 0.3) is 28.0 Å². The predicted molar refractivity (Wildman–Crippen MR) is 109 cm³/mol. The topological polar surface area (TPSA) is 140 Å². The van der Waals surface area contributed by atoms with Crippen molar-refractivity contribution in [2.75, 3.05) is 13.6 Å². The molecular weight excluding hydrogens is 400 g/mol. The van der Waals surface area contributed by atoms with Gasteiger partial charge in [0.05, 0.1) is 5.52 Å². The van der Waals surface area contributed by atoms with Gasteiger partial charge in [0.1, 0.15) is 5.69 Å². The number of aliphatic hydroxyl groups is 1. The van der Waals surface area contributed by atoms with Crippen LogP contribution in [0.15, 0.2) is 53.2 Å². The van der Waals surface area contributed by atoms with Gasteiger partial charge in [0, 0.05) is 43.2 Å². The zero-order valence-electron chi connectivity index (χ0n) is 16.5. The molecule has 10 nitrogen and oxygen atoms in total. The average molecular weight is 418 g/mol. The Bertz CT molecular complexity index is 1340. The number of likely N-dealkylation sites (N-methyl/N-ethyl adjacent to an activating group) is 1. The molecule has 0 radical (unpaired) electrons. The van der Waals surface area contributed by atoms with Crippen molar-refractivity contribution in [3.63, 3.8) is 0 Å². The third-order valence-electron chi connectivity index (χ3n) is 5.51. The minimum absolute atomic E-state index is 0.149. The van der Waals surface area contributed by atoms with Crippen LogP contribution in [-0.2, 0) is 10.4 Å². The van der Waals surface area contributed by atoms with E-state index in [1.807, 2.05) is 12.1 Å². The number of para-hydroxylation sites is 1. The van der Waals surface area contributed by atoms with Crippen molar-refractivity contribution in [2.24, 2.45) is 5.73 Å². The number of primary amides is 1. The third kappa shape index (κ3) is 2.88. The number of fused-ring (bicyclic) bond motifs is 1. The van der Waals surface area contributed by atoms with Crippen molar-refractivity contribution >= 4 is 22.7 Å². The van der Waals surface area contributed by atoms with Gasteiger partial charge in [-0.2, -0.15) is 5.10 Å². The zero-order valence-corrected chi connectivity index (χ0v) is 16.5. The van der Waals surface area contributed by atoms with Gasteiger partial charge in [-0.3, -0.25) is 9.59 Å². The molecule has 156 valence electrons. The molecule has 1 atom stereocenters. The lowest BCUT2D eigenvalue weighted by Gasteiger charge is -2.16. The number of aromatic nitrogens is 4. The van der Waals surface area contributed by atoms with E-state index in [-0.39, 0.29) is 17.8 Å². The van der Waals surface area contributed by atoms with Gasteiger partial charge in [0.25, 0.3) is 11.8 Å². The first kappa shape index (κ1) is 18.9. The molecule has 4 aromatic rings. The fourth-order valence-corrected chi connectivity index (χ4v) is 3.81. The Kier molecular flexibility index (Phi) is 4.12. The number of likely N-dealkylation sites (tertiary alicyclic amines) is 1. The summed E-state index contributed by atoms with van der Waals surface area (Å²) in [7, 11) is 1.63. The lowest BCUT2D eigenvalue weighted by molar-refractivity contribution is -0.143. The molecule has 10 heteroatoms. The van der Waals surface area contributed by atoms with Crippen molar-refractivity contribution in [3.05, 3.63) is 60.0 Å². The van der Waals surface area contributed by atoms with Crippen molar-refractivity contribution in [1.82, 2.24) is 24.8 Å². The Morgan fingerprint density at radius 1 is 1.26 bits per heavy atom. The van der Waals surface area contributed by atoms with Gasteiger partial charge < -0.3 is 20.3 Å². The SMILES string of the molecule is CN1CC[C@@](O)(c2cc(-c3ccnc(-n4nc(C(N)=O)c5ccccc54)c3)on2)C1=O. The molecule has 1 aliphatic heterocycles. The van der Waals surface area contributed by atoms with Crippen LogP contribution < -0.4 is 5.73 Å². The maximum Gasteiger partial charge on any atom is 0.269 e. The number of pyridine rings is 1. The first-order chi connectivity index (χ1) is 14.9. The molecular formula is C21H18N6O4. The number of rotatable bonds is 4. The van der Waals surface area contributed by atoms with Crippen molar-refractivity contribution in [2.45, 2.75) is 12.0 Å². The van der Waals surface area contributed by atoms with Crippen molar-refractivity contribution in [3.8, 4) is 17.1 Å². The van der Waals surface area contributed by atoms with Crippen molar-refractivity contribution < 1.29 is 19.2 Å². The van der Waals surface area contributed by atoms with Crippen LogP contribution in [0.5, 0.6) is 0 Å². The van der Waals surface area contributed by atoms with Crippen LogP contribution in [0.2, 0.25) is 0 Å². The maximum absolute atomic E-state index is 12.3. The number of carbonyl (C=O) groups excluding carboxylic acids is 2. The normalized spacial score (nSPS) is 18.8. The lowest BCUT2D eigenvalue weighted by Crippen LogP contribution is -2.36. The monoisotopic (exact) mass is 418 g/mol. The van der Waals surface area contributed by atoms with E-state index in [9.17, 15) is 14.7 Å². The number of nitrogens with zero attached hydrogens (tertiary/aromatic N) is 5. The predicted octanol–water partition coefficient (Wildman–Crippen LogP) is 1.22. The van der Waals surface area contributed by atoms with Crippen LogP contribution in [0.4, 0.5) is 0 Å². The first-order valence-electron chi connectivity index (χ1n) is 9.58. The summed E-state index contributed by atoms with van der Waals surface area (Å²) in [6.45, 7) is 0.436. The second-order valence-electron chi connectivity index (χ2n) is 7.46. The molecule has 5 rings (SSSR count). The molecule has 1 aliphatic rings. The zero-order chi connectivity index (χ0) is 21.8. The van der Waals surface area contributed by atoms with Gasteiger partial charge in [-0.1, -0.05) is 23.4 Å². The Balaban J connectivity index is 1.56. The van der Waals surface area contributed by atoms with Crippen LogP contribution in [0.1, 0.15) is 22.6 Å². The molecule has 0 aliphatic carbocycles. The third-order valence-corrected chi connectivity index (χ3v) is 5.51. The summed E-state index contributed by atoms with van der Waals surface area (Å²) in [5, 5.41) is 19.7. The van der Waals surface area contributed by atoms with E-state index in [2.05, 4.69) is 15.2 Å². The van der Waals surface area contributed by atoms with Crippen LogP contribution in [-0.4, -0.2) is 55.3 Å². The van der Waals surface area contributed by atoms with E-state index >= 15 is 0 Å². The number of hydrogen-bond donors (Lipinski definition) is 2. The summed E-state index contributed by atoms with van der Waals surface area (Å²) in [5.41, 5.74) is 5.38. The molecule has 4 heterocycles. The lowest BCUT2D eigenvalue weighted by atomic mass is 9.97. The maximum atomic E-state index is 12.3. The standard InChI is InChI=1S/C21H18N6O4/c1-26-9-7-21(30,20(26)29)16-11-15(31-25-16)12-6-8-23-17(10-12)27-14-5-3-2-4-13(14)18(24-27)19(22)28/h2-6,8,10-11,30H,7,9H2,1H3,(H2,22,28)/t21-/m1/s1. The molecule has 31 heavy (non-hydrogen) atoms. The highest BCUT2D eigenvalue weighted by atomic mass is 16.5. The Labute approximate surface area is 175 Å². The number of hydrogen-bond acceptors (Lipinski definition) is 7. The number of benzene rings is 1. The summed E-state index contributed by atoms with van der Waals surface area (Å²) in [6, 6.07) is 12.2. The van der Waals surface area contributed by atoms with E-state index in [4.69, 9.17) is 10.3 Å². The largest absolute Gasteiger partial charge is 0.374 e. The molecule has 1 fully saturated rings. The van der Waals surface area contributed by atoms with Gasteiger partial charge >= 0.3 is 0 Å². The smallest absolute Gasteiger partial charge is 0.269 e. The molecule has 0 bridgehead atoms. The Morgan fingerprint density at radius 3 is 2.81 bits per heavy atom. The fraction of sp³-hybridized carbons (Fsp3) is 0.190. The highest BCUT2D eigenvalue weighted by Gasteiger charge is 2.47. The second kappa shape index (κ2) is 6.74. The van der Waals surface area contributed by atoms with Gasteiger partial charge in [-0.25, -0.2) is 9.67 Å². The summed E-state index contributed by atoms with van der Waals surface area (Å²) < 4.78 is 6.95. The fourth-order valence-electron chi connectivity index (χ4n) is 3.81.